The van der Waals surface area contributed by atoms with Gasteiger partial charge < -0.3 is 19.0 Å². The molecule has 1 unspecified atom stereocenters. The van der Waals surface area contributed by atoms with Crippen LogP contribution in [0.25, 0.3) is 0 Å². The van der Waals surface area contributed by atoms with Crippen molar-refractivity contribution in [2.75, 3.05) is 32.8 Å². The van der Waals surface area contributed by atoms with E-state index < -0.39 is 19.9 Å². The van der Waals surface area contributed by atoms with Gasteiger partial charge in [-0.25, -0.2) is 9.36 Å². The van der Waals surface area contributed by atoms with Crippen molar-refractivity contribution >= 4 is 13.8 Å². The van der Waals surface area contributed by atoms with Crippen LogP contribution < -0.4 is 0 Å². The van der Waals surface area contributed by atoms with Gasteiger partial charge in [-0.15, -0.1) is 0 Å². The summed E-state index contributed by atoms with van der Waals surface area (Å²) < 4.78 is 22.5. The molecular weight excluding hydrogens is 381 g/mol. The third kappa shape index (κ3) is 12.7. The van der Waals surface area contributed by atoms with Gasteiger partial charge in [0.15, 0.2) is 0 Å². The molecule has 1 atom stereocenters. The van der Waals surface area contributed by atoms with E-state index in [9.17, 15) is 19.1 Å². The number of ether oxygens (including phenoxy) is 1. The number of hydrogen-bond donors (Lipinski definition) is 2. The number of phosphoric ester groups is 1. The van der Waals surface area contributed by atoms with Crippen LogP contribution in [-0.4, -0.2) is 59.1 Å². The van der Waals surface area contributed by atoms with Gasteiger partial charge in [-0.05, 0) is 45.4 Å². The second-order valence-electron chi connectivity index (χ2n) is 7.65. The Bertz CT molecular complexity index is 488. The summed E-state index contributed by atoms with van der Waals surface area (Å²) in [5, 5.41) is 0. The van der Waals surface area contributed by atoms with Crippen LogP contribution in [0.5, 0.6) is 0 Å². The van der Waals surface area contributed by atoms with Crippen molar-refractivity contribution < 1.29 is 32.9 Å². The predicted molar refractivity (Wildman–Crippen MR) is 112 cm³/mol. The second kappa shape index (κ2) is 14.3. The van der Waals surface area contributed by atoms with E-state index >= 15 is 0 Å². The van der Waals surface area contributed by atoms with E-state index in [4.69, 9.17) is 9.26 Å². The van der Waals surface area contributed by atoms with Gasteiger partial charge in [0.05, 0.1) is 38.9 Å². The van der Waals surface area contributed by atoms with Crippen molar-refractivity contribution in [1.82, 2.24) is 0 Å². The van der Waals surface area contributed by atoms with E-state index in [1.165, 1.54) is 0 Å². The highest BCUT2D eigenvalue weighted by molar-refractivity contribution is 7.46. The summed E-state index contributed by atoms with van der Waals surface area (Å²) in [6.45, 7) is 16.0. The van der Waals surface area contributed by atoms with Crippen LogP contribution in [0.15, 0.2) is 12.2 Å². The number of carbonyl (C=O) groups excluding carboxylic acids is 1. The molecule has 0 aromatic heterocycles. The van der Waals surface area contributed by atoms with E-state index in [1.807, 2.05) is 0 Å². The number of unbranched alkanes of at least 4 members (excludes halogenated alkanes) is 1. The summed E-state index contributed by atoms with van der Waals surface area (Å²) in [7, 11) is -4.54. The van der Waals surface area contributed by atoms with E-state index in [1.54, 1.807) is 6.92 Å². The first-order valence-corrected chi connectivity index (χ1v) is 12.0. The molecule has 0 spiro atoms. The van der Waals surface area contributed by atoms with Crippen molar-refractivity contribution in [1.29, 1.82) is 0 Å². The van der Waals surface area contributed by atoms with Gasteiger partial charge in [-0.1, -0.05) is 27.4 Å². The Morgan fingerprint density at radius 2 is 1.54 bits per heavy atom. The average Bonchev–Trinajstić information content (AvgIpc) is 2.58. The molecule has 0 aliphatic carbocycles. The Labute approximate surface area is 170 Å². The maximum atomic E-state index is 11.4. The van der Waals surface area contributed by atoms with E-state index in [0.29, 0.717) is 31.3 Å². The van der Waals surface area contributed by atoms with Crippen LogP contribution in [0.3, 0.4) is 0 Å². The fourth-order valence-electron chi connectivity index (χ4n) is 3.72. The molecule has 166 valence electrons. The molecule has 8 heteroatoms. The molecule has 0 amide bonds. The zero-order valence-corrected chi connectivity index (χ0v) is 19.1. The second-order valence-corrected chi connectivity index (χ2v) is 8.85. The molecule has 0 rings (SSSR count). The normalized spacial score (nSPS) is 13.4. The lowest BCUT2D eigenvalue weighted by molar-refractivity contribution is -0.928. The maximum Gasteiger partial charge on any atom is 0.469 e. The van der Waals surface area contributed by atoms with Gasteiger partial charge in [0.2, 0.25) is 0 Å². The zero-order valence-electron chi connectivity index (χ0n) is 18.2. The highest BCUT2D eigenvalue weighted by Gasteiger charge is 2.29. The number of hydrogen-bond acceptors (Lipinski definition) is 4. The number of nitrogens with zero attached hydrogens (tertiary/aromatic N) is 1. The Morgan fingerprint density at radius 3 is 1.96 bits per heavy atom. The molecule has 0 radical (unpaired) electrons. The topological polar surface area (TPSA) is 93.1 Å². The number of phosphoric acid groups is 1. The molecule has 2 N–H and O–H groups in total. The Hall–Kier alpha value is -0.720. The number of carbonyl (C=O) groups is 1. The fourth-order valence-corrected chi connectivity index (χ4v) is 4.32. The minimum atomic E-state index is -4.54. The summed E-state index contributed by atoms with van der Waals surface area (Å²) in [6, 6.07) is 0. The summed E-state index contributed by atoms with van der Waals surface area (Å²) in [5.74, 6) is -0.413. The summed E-state index contributed by atoms with van der Waals surface area (Å²) >= 11 is 0. The van der Waals surface area contributed by atoms with Crippen molar-refractivity contribution in [2.24, 2.45) is 0 Å². The van der Waals surface area contributed by atoms with Gasteiger partial charge in [0, 0.05) is 12.0 Å². The SMILES string of the molecule is C=C(C)C(=O)OCCCCC(CC[N+](CCC)(CCC)CCC)OP(=O)(O)O. The molecule has 0 heterocycles. The Morgan fingerprint density at radius 1 is 1.00 bits per heavy atom. The fraction of sp³-hybridized carbons (Fsp3) is 0.850. The monoisotopic (exact) mass is 422 g/mol. The third-order valence-corrected chi connectivity index (χ3v) is 5.38. The first-order valence-electron chi connectivity index (χ1n) is 10.5. The molecule has 0 aromatic carbocycles. The molecule has 28 heavy (non-hydrogen) atoms. The molecular formula is C20H41NO6P+. The molecule has 0 saturated carbocycles. The van der Waals surface area contributed by atoms with Gasteiger partial charge in [-0.2, -0.15) is 0 Å². The van der Waals surface area contributed by atoms with Crippen LogP contribution in [-0.2, 0) is 18.6 Å². The predicted octanol–water partition coefficient (Wildman–Crippen LogP) is 4.19. The van der Waals surface area contributed by atoms with Crippen molar-refractivity contribution in [3.05, 3.63) is 12.2 Å². The minimum Gasteiger partial charge on any atom is -0.462 e. The molecule has 0 aromatic rings. The first-order chi connectivity index (χ1) is 13.1. The summed E-state index contributed by atoms with van der Waals surface area (Å²) in [6.07, 6.45) is 5.17. The lowest BCUT2D eigenvalue weighted by Gasteiger charge is -2.39. The molecule has 0 bridgehead atoms. The van der Waals surface area contributed by atoms with E-state index in [2.05, 4.69) is 27.4 Å². The van der Waals surface area contributed by atoms with Gasteiger partial charge in [-0.3, -0.25) is 4.52 Å². The molecule has 0 aliphatic heterocycles. The van der Waals surface area contributed by atoms with E-state index in [0.717, 1.165) is 49.9 Å². The quantitative estimate of drug-likeness (QED) is 0.120. The van der Waals surface area contributed by atoms with Crippen LogP contribution in [0.4, 0.5) is 0 Å². The average molecular weight is 423 g/mol. The van der Waals surface area contributed by atoms with Crippen molar-refractivity contribution in [3.63, 3.8) is 0 Å². The Balaban J connectivity index is 4.74. The molecule has 0 saturated heterocycles. The van der Waals surface area contributed by atoms with E-state index in [-0.39, 0.29) is 6.61 Å². The highest BCUT2D eigenvalue weighted by Crippen LogP contribution is 2.39. The van der Waals surface area contributed by atoms with Gasteiger partial charge in [0.1, 0.15) is 0 Å². The largest absolute Gasteiger partial charge is 0.469 e. The number of rotatable bonds is 17. The number of esters is 1. The lowest BCUT2D eigenvalue weighted by atomic mass is 10.1. The maximum absolute atomic E-state index is 11.4. The van der Waals surface area contributed by atoms with Gasteiger partial charge in [0.25, 0.3) is 0 Å². The standard InChI is InChI=1S/C20H40NO6P/c1-6-13-21(14-7-2,15-8-3)16-12-19(27-28(23,24)25)11-9-10-17-26-20(22)18(4)5/h19H,4,6-17H2,1-3,5H3,(H-,23,24,25)/p+1. The molecule has 0 fully saturated rings. The zero-order chi connectivity index (χ0) is 21.6. The van der Waals surface area contributed by atoms with Crippen LogP contribution in [0.1, 0.15) is 72.6 Å². The van der Waals surface area contributed by atoms with Crippen molar-refractivity contribution in [2.45, 2.75) is 78.7 Å². The summed E-state index contributed by atoms with van der Waals surface area (Å²) in [5.41, 5.74) is 0.361. The first kappa shape index (κ1) is 27.3. The molecule has 7 nitrogen and oxygen atoms in total. The van der Waals surface area contributed by atoms with Crippen LogP contribution in [0, 0.1) is 0 Å². The van der Waals surface area contributed by atoms with Crippen LogP contribution >= 0.6 is 7.82 Å². The van der Waals surface area contributed by atoms with Gasteiger partial charge >= 0.3 is 13.8 Å². The summed E-state index contributed by atoms with van der Waals surface area (Å²) in [4.78, 5) is 29.9. The van der Waals surface area contributed by atoms with Crippen molar-refractivity contribution in [3.8, 4) is 0 Å². The van der Waals surface area contributed by atoms with Crippen LogP contribution in [0.2, 0.25) is 0 Å². The number of quaternary nitrogens is 1. The highest BCUT2D eigenvalue weighted by atomic mass is 31.2. The smallest absolute Gasteiger partial charge is 0.462 e. The Kier molecular flexibility index (Phi) is 13.9. The molecule has 0 aliphatic rings. The lowest BCUT2D eigenvalue weighted by Crippen LogP contribution is -2.51. The third-order valence-electron chi connectivity index (χ3n) is 4.81. The minimum absolute atomic E-state index is 0.274.